The van der Waals surface area contributed by atoms with Gasteiger partial charge in [0.05, 0.1) is 0 Å². The molecule has 0 fully saturated rings. The number of anilines is 2. The number of hydrogen-bond donors (Lipinski definition) is 1. The fraction of sp³-hybridized carbons (Fsp3) is 0.0769. The van der Waals surface area contributed by atoms with Crippen LogP contribution < -0.4 is 10.6 Å². The van der Waals surface area contributed by atoms with Crippen molar-refractivity contribution in [2.75, 3.05) is 17.7 Å². The molecule has 98 valence electrons. The van der Waals surface area contributed by atoms with Gasteiger partial charge in [-0.25, -0.2) is 9.37 Å². The van der Waals surface area contributed by atoms with Crippen LogP contribution in [-0.4, -0.2) is 17.9 Å². The fourth-order valence-electron chi connectivity index (χ4n) is 1.64. The highest BCUT2D eigenvalue weighted by Crippen LogP contribution is 2.19. The SMILES string of the molecule is CN(C(=O)c1cc(N)nc(Cl)c1)c1cccc(F)c1. The van der Waals surface area contributed by atoms with Gasteiger partial charge >= 0.3 is 0 Å². The molecule has 1 aromatic heterocycles. The standard InChI is InChI=1S/C13H11ClFN3O/c1-18(10-4-2-3-9(15)7-10)13(19)8-5-11(14)17-12(16)6-8/h2-7H,1H3,(H2,16,17). The van der Waals surface area contributed by atoms with Crippen LogP contribution in [0.25, 0.3) is 0 Å². The maximum atomic E-state index is 13.1. The fourth-order valence-corrected chi connectivity index (χ4v) is 1.85. The van der Waals surface area contributed by atoms with Gasteiger partial charge in [-0.3, -0.25) is 4.79 Å². The minimum absolute atomic E-state index is 0.135. The molecule has 6 heteroatoms. The summed E-state index contributed by atoms with van der Waals surface area (Å²) in [5, 5.41) is 0.135. The van der Waals surface area contributed by atoms with Crippen molar-refractivity contribution >= 4 is 29.0 Å². The molecule has 0 aliphatic carbocycles. The molecule has 2 rings (SSSR count). The van der Waals surface area contributed by atoms with Gasteiger partial charge in [0.15, 0.2) is 0 Å². The minimum Gasteiger partial charge on any atom is -0.384 e. The molecule has 19 heavy (non-hydrogen) atoms. The van der Waals surface area contributed by atoms with Crippen molar-refractivity contribution in [1.82, 2.24) is 4.98 Å². The Kier molecular flexibility index (Phi) is 3.66. The van der Waals surface area contributed by atoms with Gasteiger partial charge in [0.25, 0.3) is 5.91 Å². The van der Waals surface area contributed by atoms with Crippen LogP contribution in [0.5, 0.6) is 0 Å². The predicted octanol–water partition coefficient (Wildman–Crippen LogP) is 2.73. The zero-order valence-corrected chi connectivity index (χ0v) is 10.9. The number of aromatic nitrogens is 1. The second kappa shape index (κ2) is 5.24. The molecule has 0 spiro atoms. The molecule has 1 aromatic carbocycles. The maximum absolute atomic E-state index is 13.1. The molecule has 0 atom stereocenters. The first kappa shape index (κ1) is 13.3. The number of carbonyl (C=O) groups excluding carboxylic acids is 1. The van der Waals surface area contributed by atoms with Crippen LogP contribution in [0.1, 0.15) is 10.4 Å². The van der Waals surface area contributed by atoms with Crippen LogP contribution in [0.4, 0.5) is 15.9 Å². The van der Waals surface area contributed by atoms with Gasteiger partial charge in [-0.1, -0.05) is 17.7 Å². The molecule has 1 amide bonds. The van der Waals surface area contributed by atoms with Crippen molar-refractivity contribution in [3.05, 3.63) is 52.9 Å². The second-order valence-corrected chi connectivity index (χ2v) is 4.33. The zero-order chi connectivity index (χ0) is 14.0. The van der Waals surface area contributed by atoms with Crippen molar-refractivity contribution in [1.29, 1.82) is 0 Å². The molecule has 0 unspecified atom stereocenters. The first-order chi connectivity index (χ1) is 8.97. The Labute approximate surface area is 114 Å². The van der Waals surface area contributed by atoms with Gasteiger partial charge < -0.3 is 10.6 Å². The molecule has 2 aromatic rings. The van der Waals surface area contributed by atoms with E-state index in [0.29, 0.717) is 11.3 Å². The summed E-state index contributed by atoms with van der Waals surface area (Å²) in [6, 6.07) is 8.57. The molecule has 0 aliphatic rings. The number of nitrogens with zero attached hydrogens (tertiary/aromatic N) is 2. The Hall–Kier alpha value is -2.14. The van der Waals surface area contributed by atoms with E-state index >= 15 is 0 Å². The Balaban J connectivity index is 2.33. The predicted molar refractivity (Wildman–Crippen MR) is 72.8 cm³/mol. The van der Waals surface area contributed by atoms with Crippen LogP contribution in [0, 0.1) is 5.82 Å². The molecule has 4 nitrogen and oxygen atoms in total. The number of pyridine rings is 1. The lowest BCUT2D eigenvalue weighted by Crippen LogP contribution is -2.26. The van der Waals surface area contributed by atoms with Gasteiger partial charge in [-0.15, -0.1) is 0 Å². The molecule has 0 saturated heterocycles. The number of benzene rings is 1. The topological polar surface area (TPSA) is 59.2 Å². The number of nitrogen functional groups attached to an aromatic ring is 1. The molecule has 0 bridgehead atoms. The Morgan fingerprint density at radius 2 is 2.11 bits per heavy atom. The summed E-state index contributed by atoms with van der Waals surface area (Å²) in [6.07, 6.45) is 0. The van der Waals surface area contributed by atoms with E-state index in [-0.39, 0.29) is 16.9 Å². The summed E-state index contributed by atoms with van der Waals surface area (Å²) < 4.78 is 13.1. The lowest BCUT2D eigenvalue weighted by atomic mass is 10.2. The van der Waals surface area contributed by atoms with Crippen LogP contribution in [-0.2, 0) is 0 Å². The monoisotopic (exact) mass is 279 g/mol. The molecule has 1 heterocycles. The summed E-state index contributed by atoms with van der Waals surface area (Å²) in [6.45, 7) is 0. The van der Waals surface area contributed by atoms with Crippen LogP contribution >= 0.6 is 11.6 Å². The highest BCUT2D eigenvalue weighted by Gasteiger charge is 2.15. The number of halogens is 2. The first-order valence-electron chi connectivity index (χ1n) is 5.44. The van der Waals surface area contributed by atoms with Crippen molar-refractivity contribution in [2.45, 2.75) is 0 Å². The Morgan fingerprint density at radius 3 is 2.74 bits per heavy atom. The second-order valence-electron chi connectivity index (χ2n) is 3.95. The van der Waals surface area contributed by atoms with Gasteiger partial charge in [-0.05, 0) is 30.3 Å². The molecule has 0 radical (unpaired) electrons. The van der Waals surface area contributed by atoms with Gasteiger partial charge in [-0.2, -0.15) is 0 Å². The van der Waals surface area contributed by atoms with Crippen molar-refractivity contribution in [3.63, 3.8) is 0 Å². The average molecular weight is 280 g/mol. The molecular weight excluding hydrogens is 269 g/mol. The quantitative estimate of drug-likeness (QED) is 0.860. The van der Waals surface area contributed by atoms with E-state index in [1.165, 1.54) is 35.2 Å². The summed E-state index contributed by atoms with van der Waals surface area (Å²) >= 11 is 5.75. The molecule has 0 aliphatic heterocycles. The zero-order valence-electron chi connectivity index (χ0n) is 10.1. The Morgan fingerprint density at radius 1 is 1.37 bits per heavy atom. The van der Waals surface area contributed by atoms with E-state index in [1.807, 2.05) is 0 Å². The minimum atomic E-state index is -0.413. The van der Waals surface area contributed by atoms with Crippen molar-refractivity contribution < 1.29 is 9.18 Å². The number of rotatable bonds is 2. The summed E-state index contributed by atoms with van der Waals surface area (Å²) in [5.74, 6) is -0.602. The number of amides is 1. The molecule has 0 saturated carbocycles. The smallest absolute Gasteiger partial charge is 0.258 e. The third-order valence-electron chi connectivity index (χ3n) is 2.56. The lowest BCUT2D eigenvalue weighted by Gasteiger charge is -2.17. The van der Waals surface area contributed by atoms with E-state index < -0.39 is 5.82 Å². The highest BCUT2D eigenvalue weighted by atomic mass is 35.5. The van der Waals surface area contributed by atoms with Crippen LogP contribution in [0.15, 0.2) is 36.4 Å². The Bertz CT molecular complexity index is 613. The number of carbonyl (C=O) groups is 1. The summed E-state index contributed by atoms with van der Waals surface area (Å²) in [7, 11) is 1.54. The highest BCUT2D eigenvalue weighted by molar-refractivity contribution is 6.30. The lowest BCUT2D eigenvalue weighted by molar-refractivity contribution is 0.0993. The molecule has 2 N–H and O–H groups in total. The maximum Gasteiger partial charge on any atom is 0.258 e. The van der Waals surface area contributed by atoms with E-state index in [0.717, 1.165) is 0 Å². The number of nitrogens with two attached hydrogens (primary N) is 1. The van der Waals surface area contributed by atoms with Crippen molar-refractivity contribution in [2.24, 2.45) is 0 Å². The van der Waals surface area contributed by atoms with Gasteiger partial charge in [0.2, 0.25) is 0 Å². The van der Waals surface area contributed by atoms with Crippen molar-refractivity contribution in [3.8, 4) is 0 Å². The van der Waals surface area contributed by atoms with E-state index in [1.54, 1.807) is 13.1 Å². The summed E-state index contributed by atoms with van der Waals surface area (Å²) in [5.41, 5.74) is 6.27. The largest absolute Gasteiger partial charge is 0.384 e. The van der Waals surface area contributed by atoms with E-state index in [4.69, 9.17) is 17.3 Å². The number of hydrogen-bond acceptors (Lipinski definition) is 3. The first-order valence-corrected chi connectivity index (χ1v) is 5.82. The summed E-state index contributed by atoms with van der Waals surface area (Å²) in [4.78, 5) is 17.3. The van der Waals surface area contributed by atoms with Crippen LogP contribution in [0.3, 0.4) is 0 Å². The third kappa shape index (κ3) is 3.00. The van der Waals surface area contributed by atoms with Gasteiger partial charge in [0.1, 0.15) is 16.8 Å². The van der Waals surface area contributed by atoms with E-state index in [2.05, 4.69) is 4.98 Å². The van der Waals surface area contributed by atoms with Crippen LogP contribution in [0.2, 0.25) is 5.15 Å². The molecular formula is C13H11ClFN3O. The average Bonchev–Trinajstić information content (AvgIpc) is 2.36. The van der Waals surface area contributed by atoms with E-state index in [9.17, 15) is 9.18 Å². The van der Waals surface area contributed by atoms with Gasteiger partial charge in [0, 0.05) is 18.3 Å². The normalized spacial score (nSPS) is 10.3. The third-order valence-corrected chi connectivity index (χ3v) is 2.75.